The summed E-state index contributed by atoms with van der Waals surface area (Å²) in [6.07, 6.45) is 0. The SMILES string of the molecule is COc1ccc(Br)c(N/N=C(\C#N)C(=N)N)c1. The van der Waals surface area contributed by atoms with Gasteiger partial charge in [0.15, 0.2) is 5.84 Å². The quantitative estimate of drug-likeness (QED) is 0.446. The lowest BCUT2D eigenvalue weighted by atomic mass is 10.3. The van der Waals surface area contributed by atoms with Crippen molar-refractivity contribution < 1.29 is 4.74 Å². The maximum absolute atomic E-state index is 8.67. The number of nitrogens with two attached hydrogens (primary N) is 1. The van der Waals surface area contributed by atoms with E-state index in [2.05, 4.69) is 26.5 Å². The number of benzene rings is 1. The van der Waals surface area contributed by atoms with Crippen molar-refractivity contribution in [3.8, 4) is 11.8 Å². The number of methoxy groups -OCH3 is 1. The molecule has 1 aromatic rings. The first kappa shape index (κ1) is 13.0. The molecule has 0 aliphatic rings. The summed E-state index contributed by atoms with van der Waals surface area (Å²) < 4.78 is 5.80. The zero-order valence-corrected chi connectivity index (χ0v) is 10.6. The molecule has 4 N–H and O–H groups in total. The third-order valence-electron chi connectivity index (χ3n) is 1.82. The molecule has 0 unspecified atom stereocenters. The Morgan fingerprint density at radius 3 is 2.88 bits per heavy atom. The summed E-state index contributed by atoms with van der Waals surface area (Å²) in [4.78, 5) is 0. The van der Waals surface area contributed by atoms with E-state index in [-0.39, 0.29) is 11.5 Å². The van der Waals surface area contributed by atoms with Gasteiger partial charge in [0, 0.05) is 10.5 Å². The number of amidine groups is 1. The summed E-state index contributed by atoms with van der Waals surface area (Å²) in [6.45, 7) is 0. The van der Waals surface area contributed by atoms with Crippen molar-refractivity contribution in [2.24, 2.45) is 10.8 Å². The van der Waals surface area contributed by atoms with Gasteiger partial charge in [0.25, 0.3) is 0 Å². The fourth-order valence-corrected chi connectivity index (χ4v) is 1.31. The van der Waals surface area contributed by atoms with Crippen molar-refractivity contribution in [2.75, 3.05) is 12.5 Å². The Kier molecular flexibility index (Phi) is 4.48. The molecule has 0 aliphatic heterocycles. The zero-order valence-electron chi connectivity index (χ0n) is 8.99. The largest absolute Gasteiger partial charge is 0.497 e. The molecule has 6 nitrogen and oxygen atoms in total. The zero-order chi connectivity index (χ0) is 12.8. The second kappa shape index (κ2) is 5.86. The minimum Gasteiger partial charge on any atom is -0.497 e. The molecular weight excluding hydrogens is 286 g/mol. The highest BCUT2D eigenvalue weighted by Crippen LogP contribution is 2.26. The van der Waals surface area contributed by atoms with Gasteiger partial charge in [-0.05, 0) is 28.1 Å². The number of rotatable bonds is 4. The van der Waals surface area contributed by atoms with Gasteiger partial charge in [0.1, 0.15) is 11.8 Å². The van der Waals surface area contributed by atoms with Crippen molar-refractivity contribution in [1.82, 2.24) is 0 Å². The molecule has 0 atom stereocenters. The van der Waals surface area contributed by atoms with E-state index in [0.717, 1.165) is 4.47 Å². The number of halogens is 1. The minimum absolute atomic E-state index is 0.181. The van der Waals surface area contributed by atoms with Crippen LogP contribution in [0, 0.1) is 16.7 Å². The van der Waals surface area contributed by atoms with Crippen LogP contribution in [0.25, 0.3) is 0 Å². The summed E-state index contributed by atoms with van der Waals surface area (Å²) in [5.74, 6) is 0.256. The standard InChI is InChI=1S/C10H10BrN5O/c1-17-6-2-3-7(11)8(4-6)15-16-9(5-12)10(13)14/h2-4,15H,1H3,(H3,13,14)/b16-9+. The molecule has 0 amide bonds. The lowest BCUT2D eigenvalue weighted by molar-refractivity contribution is 0.415. The number of hydrogen-bond donors (Lipinski definition) is 3. The molecule has 0 saturated heterocycles. The Labute approximate surface area is 107 Å². The van der Waals surface area contributed by atoms with Gasteiger partial charge >= 0.3 is 0 Å². The van der Waals surface area contributed by atoms with Crippen molar-refractivity contribution in [1.29, 1.82) is 10.7 Å². The lowest BCUT2D eigenvalue weighted by Gasteiger charge is -2.06. The molecule has 0 aromatic heterocycles. The fourth-order valence-electron chi connectivity index (χ4n) is 0.979. The maximum atomic E-state index is 8.67. The van der Waals surface area contributed by atoms with Crippen LogP contribution in [0.1, 0.15) is 0 Å². The monoisotopic (exact) mass is 295 g/mol. The molecule has 0 bridgehead atoms. The topological polar surface area (TPSA) is 107 Å². The van der Waals surface area contributed by atoms with Gasteiger partial charge in [-0.1, -0.05) is 0 Å². The van der Waals surface area contributed by atoms with Crippen LogP contribution in [0.5, 0.6) is 5.75 Å². The number of nitrogens with one attached hydrogen (secondary N) is 2. The summed E-state index contributed by atoms with van der Waals surface area (Å²) in [5.41, 5.74) is 8.23. The molecule has 0 saturated carbocycles. The fraction of sp³-hybridized carbons (Fsp3) is 0.100. The third-order valence-corrected chi connectivity index (χ3v) is 2.51. The average molecular weight is 296 g/mol. The number of nitrogens with zero attached hydrogens (tertiary/aromatic N) is 2. The predicted octanol–water partition coefficient (Wildman–Crippen LogP) is 1.69. The van der Waals surface area contributed by atoms with Gasteiger partial charge in [0.2, 0.25) is 5.71 Å². The van der Waals surface area contributed by atoms with Crippen molar-refractivity contribution in [2.45, 2.75) is 0 Å². The Bertz CT molecular complexity index is 506. The second-order valence-electron chi connectivity index (χ2n) is 2.94. The van der Waals surface area contributed by atoms with Crippen LogP contribution in [-0.2, 0) is 0 Å². The van der Waals surface area contributed by atoms with E-state index in [1.807, 2.05) is 0 Å². The smallest absolute Gasteiger partial charge is 0.201 e. The Morgan fingerprint density at radius 1 is 1.65 bits per heavy atom. The number of ether oxygens (including phenoxy) is 1. The predicted molar refractivity (Wildman–Crippen MR) is 69.3 cm³/mol. The van der Waals surface area contributed by atoms with E-state index in [4.69, 9.17) is 21.1 Å². The molecule has 1 rings (SSSR count). The Balaban J connectivity index is 2.96. The van der Waals surface area contributed by atoms with Gasteiger partial charge in [-0.2, -0.15) is 10.4 Å². The van der Waals surface area contributed by atoms with E-state index in [0.29, 0.717) is 11.4 Å². The second-order valence-corrected chi connectivity index (χ2v) is 3.80. The summed E-state index contributed by atoms with van der Waals surface area (Å²) in [5, 5.41) is 19.5. The highest BCUT2D eigenvalue weighted by atomic mass is 79.9. The molecule has 88 valence electrons. The van der Waals surface area contributed by atoms with Crippen molar-refractivity contribution in [3.63, 3.8) is 0 Å². The first-order chi connectivity index (χ1) is 8.08. The Morgan fingerprint density at radius 2 is 2.35 bits per heavy atom. The van der Waals surface area contributed by atoms with Crippen LogP contribution in [0.3, 0.4) is 0 Å². The molecule has 1 aromatic carbocycles. The minimum atomic E-state index is -0.390. The molecule has 0 heterocycles. The van der Waals surface area contributed by atoms with Crippen LogP contribution >= 0.6 is 15.9 Å². The molecule has 17 heavy (non-hydrogen) atoms. The first-order valence-corrected chi connectivity index (χ1v) is 5.29. The van der Waals surface area contributed by atoms with Gasteiger partial charge in [0.05, 0.1) is 12.8 Å². The van der Waals surface area contributed by atoms with E-state index < -0.39 is 0 Å². The lowest BCUT2D eigenvalue weighted by Crippen LogP contribution is -2.21. The number of hydrazone groups is 1. The third kappa shape index (κ3) is 3.46. The van der Waals surface area contributed by atoms with Gasteiger partial charge in [-0.15, -0.1) is 0 Å². The molecule has 0 radical (unpaired) electrons. The maximum Gasteiger partial charge on any atom is 0.201 e. The van der Waals surface area contributed by atoms with E-state index >= 15 is 0 Å². The van der Waals surface area contributed by atoms with Crippen LogP contribution in [0.15, 0.2) is 27.8 Å². The van der Waals surface area contributed by atoms with Crippen LogP contribution in [0.4, 0.5) is 5.69 Å². The number of nitriles is 1. The normalized spacial score (nSPS) is 10.5. The van der Waals surface area contributed by atoms with E-state index in [1.54, 1.807) is 31.4 Å². The van der Waals surface area contributed by atoms with Gasteiger partial charge < -0.3 is 10.5 Å². The Hall–Kier alpha value is -2.07. The van der Waals surface area contributed by atoms with Crippen LogP contribution < -0.4 is 15.9 Å². The van der Waals surface area contributed by atoms with E-state index in [9.17, 15) is 0 Å². The highest BCUT2D eigenvalue weighted by molar-refractivity contribution is 9.10. The highest BCUT2D eigenvalue weighted by Gasteiger charge is 2.04. The molecule has 0 fully saturated rings. The molecule has 7 heteroatoms. The molecule has 0 spiro atoms. The van der Waals surface area contributed by atoms with Gasteiger partial charge in [-0.25, -0.2) is 0 Å². The van der Waals surface area contributed by atoms with Crippen molar-refractivity contribution >= 4 is 33.2 Å². The van der Waals surface area contributed by atoms with Crippen LogP contribution in [-0.4, -0.2) is 18.7 Å². The number of anilines is 1. The summed E-state index contributed by atoms with van der Waals surface area (Å²) in [7, 11) is 1.55. The van der Waals surface area contributed by atoms with Crippen LogP contribution in [0.2, 0.25) is 0 Å². The summed E-state index contributed by atoms with van der Waals surface area (Å²) >= 11 is 3.31. The first-order valence-electron chi connectivity index (χ1n) is 4.50. The summed E-state index contributed by atoms with van der Waals surface area (Å²) in [6, 6.07) is 6.96. The van der Waals surface area contributed by atoms with Crippen molar-refractivity contribution in [3.05, 3.63) is 22.7 Å². The number of hydrogen-bond acceptors (Lipinski definition) is 5. The average Bonchev–Trinajstić information content (AvgIpc) is 2.31. The van der Waals surface area contributed by atoms with E-state index in [1.165, 1.54) is 0 Å². The molecule has 0 aliphatic carbocycles. The molecular formula is C10H10BrN5O. The van der Waals surface area contributed by atoms with Gasteiger partial charge in [-0.3, -0.25) is 10.8 Å².